The molecule has 0 radical (unpaired) electrons. The van der Waals surface area contributed by atoms with Crippen LogP contribution in [0.4, 0.5) is 5.69 Å². The molecule has 6 heteroatoms. The number of carbonyl (C=O) groups is 2. The number of ether oxygens (including phenoxy) is 2. The number of rotatable bonds is 4. The van der Waals surface area contributed by atoms with Crippen LogP contribution in [0, 0.1) is 11.8 Å². The fourth-order valence-corrected chi connectivity index (χ4v) is 5.63. The highest BCUT2D eigenvalue weighted by Gasteiger charge is 2.60. The summed E-state index contributed by atoms with van der Waals surface area (Å²) in [6, 6.07) is 8.07. The van der Waals surface area contributed by atoms with Gasteiger partial charge in [-0.3, -0.25) is 9.69 Å². The van der Waals surface area contributed by atoms with Crippen LogP contribution in [0.25, 0.3) is 0 Å². The van der Waals surface area contributed by atoms with Gasteiger partial charge in [0.15, 0.2) is 0 Å². The Labute approximate surface area is 165 Å². The maximum absolute atomic E-state index is 13.2. The van der Waals surface area contributed by atoms with E-state index in [1.807, 2.05) is 18.2 Å². The minimum Gasteiger partial charge on any atom is -0.504 e. The Morgan fingerprint density at radius 1 is 1.36 bits per heavy atom. The summed E-state index contributed by atoms with van der Waals surface area (Å²) in [6.45, 7) is 3.93. The van der Waals surface area contributed by atoms with Gasteiger partial charge < -0.3 is 14.8 Å². The monoisotopic (exact) mass is 384 g/mol. The van der Waals surface area contributed by atoms with Crippen LogP contribution in [0.1, 0.15) is 31.7 Å². The minimum absolute atomic E-state index is 0.00851. The van der Waals surface area contributed by atoms with E-state index in [1.54, 1.807) is 7.11 Å². The molecule has 0 aromatic heterocycles. The van der Waals surface area contributed by atoms with Gasteiger partial charge >= 0.3 is 5.97 Å². The van der Waals surface area contributed by atoms with Crippen LogP contribution in [0.15, 0.2) is 36.1 Å². The first-order valence-corrected chi connectivity index (χ1v) is 10.0. The number of amides is 1. The highest BCUT2D eigenvalue weighted by atomic mass is 16.5. The number of nitrogens with zero attached hydrogens (tertiary/aromatic N) is 1. The quantitative estimate of drug-likeness (QED) is 0.491. The topological polar surface area (TPSA) is 67.9 Å². The van der Waals surface area contributed by atoms with E-state index in [-0.39, 0.29) is 23.8 Å². The van der Waals surface area contributed by atoms with Gasteiger partial charge in [-0.25, -0.2) is 4.79 Å². The molecule has 3 aliphatic rings. The molecule has 4 rings (SSSR count). The molecule has 2 saturated heterocycles. The van der Waals surface area contributed by atoms with Crippen molar-refractivity contribution in [2.45, 2.75) is 37.6 Å². The second kappa shape index (κ2) is 7.24. The van der Waals surface area contributed by atoms with E-state index < -0.39 is 5.41 Å². The molecule has 1 N–H and O–H groups in total. The molecule has 1 spiro atoms. The first kappa shape index (κ1) is 19.0. The van der Waals surface area contributed by atoms with Crippen molar-refractivity contribution in [3.8, 4) is 0 Å². The largest absolute Gasteiger partial charge is 0.504 e. The fraction of sp³-hybridized carbons (Fsp3) is 0.545. The van der Waals surface area contributed by atoms with Gasteiger partial charge in [0.05, 0.1) is 31.5 Å². The molecule has 2 fully saturated rings. The van der Waals surface area contributed by atoms with E-state index in [0.29, 0.717) is 11.5 Å². The molecular formula is C22H28N2O4. The number of anilines is 1. The molecule has 4 atom stereocenters. The summed E-state index contributed by atoms with van der Waals surface area (Å²) in [4.78, 5) is 28.1. The number of hydrogen-bond donors (Lipinski definition) is 1. The third-order valence-corrected chi connectivity index (χ3v) is 6.97. The summed E-state index contributed by atoms with van der Waals surface area (Å²) in [5, 5.41) is 3.10. The van der Waals surface area contributed by atoms with Gasteiger partial charge in [-0.1, -0.05) is 31.5 Å². The van der Waals surface area contributed by atoms with Crippen LogP contribution in [-0.2, 0) is 24.5 Å². The molecule has 6 nitrogen and oxygen atoms in total. The Kier molecular flexibility index (Phi) is 4.91. The molecule has 28 heavy (non-hydrogen) atoms. The molecule has 0 bridgehead atoms. The highest BCUT2D eigenvalue weighted by molar-refractivity contribution is 6.07. The van der Waals surface area contributed by atoms with Gasteiger partial charge in [0.1, 0.15) is 0 Å². The Bertz CT molecular complexity index is 821. The zero-order chi connectivity index (χ0) is 19.9. The van der Waals surface area contributed by atoms with Crippen molar-refractivity contribution in [1.29, 1.82) is 0 Å². The first-order chi connectivity index (χ1) is 13.6. The number of benzene rings is 1. The maximum atomic E-state index is 13.2. The van der Waals surface area contributed by atoms with E-state index in [4.69, 9.17) is 9.47 Å². The van der Waals surface area contributed by atoms with Crippen LogP contribution in [0.5, 0.6) is 0 Å². The third-order valence-electron chi connectivity index (χ3n) is 6.97. The van der Waals surface area contributed by atoms with Gasteiger partial charge in [0.25, 0.3) is 0 Å². The standard InChI is InChI=1S/C22H28N2O4/c1-4-14-12-24-10-9-22(17-7-5-6-8-18(17)23-21(22)26)19(24)11-15(14)16(13-27-2)20(25)28-3/h5-8,13-15,19H,4,9-12H2,1-3H3,(H,23,26)/t14-,15+,19+,22+/m1/s1. The van der Waals surface area contributed by atoms with Crippen molar-refractivity contribution < 1.29 is 19.1 Å². The van der Waals surface area contributed by atoms with Crippen molar-refractivity contribution >= 4 is 17.6 Å². The molecule has 3 heterocycles. The molecule has 1 aromatic carbocycles. The number of methoxy groups -OCH3 is 2. The zero-order valence-electron chi connectivity index (χ0n) is 16.7. The van der Waals surface area contributed by atoms with Crippen LogP contribution in [0.2, 0.25) is 0 Å². The second-order valence-electron chi connectivity index (χ2n) is 8.04. The SMILES string of the molecule is CC[C@@H]1CN2CC[C@@]3(C(=O)Nc4ccccc43)[C@@H]2C[C@@H]1C(=COC)C(=O)OC. The van der Waals surface area contributed by atoms with Crippen molar-refractivity contribution in [1.82, 2.24) is 4.90 Å². The fourth-order valence-electron chi connectivity index (χ4n) is 5.63. The molecule has 3 aliphatic heterocycles. The van der Waals surface area contributed by atoms with Gasteiger partial charge in [-0.05, 0) is 42.9 Å². The normalized spacial score (nSPS) is 32.0. The summed E-state index contributed by atoms with van der Waals surface area (Å²) in [7, 11) is 2.95. The molecule has 0 saturated carbocycles. The zero-order valence-corrected chi connectivity index (χ0v) is 16.7. The summed E-state index contributed by atoms with van der Waals surface area (Å²) in [6.07, 6.45) is 4.04. The average molecular weight is 384 g/mol. The molecule has 1 amide bonds. The van der Waals surface area contributed by atoms with Crippen LogP contribution in [0.3, 0.4) is 0 Å². The Morgan fingerprint density at radius 2 is 2.14 bits per heavy atom. The lowest BCUT2D eigenvalue weighted by molar-refractivity contribution is -0.137. The van der Waals surface area contributed by atoms with Gasteiger partial charge in [0, 0.05) is 18.3 Å². The smallest absolute Gasteiger partial charge is 0.337 e. The van der Waals surface area contributed by atoms with E-state index >= 15 is 0 Å². The van der Waals surface area contributed by atoms with Gasteiger partial charge in [-0.2, -0.15) is 0 Å². The van der Waals surface area contributed by atoms with E-state index in [9.17, 15) is 9.59 Å². The van der Waals surface area contributed by atoms with Crippen molar-refractivity contribution in [2.24, 2.45) is 11.8 Å². The lowest BCUT2D eigenvalue weighted by Gasteiger charge is -2.45. The molecule has 150 valence electrons. The molecular weight excluding hydrogens is 356 g/mol. The minimum atomic E-state index is -0.540. The summed E-state index contributed by atoms with van der Waals surface area (Å²) >= 11 is 0. The van der Waals surface area contributed by atoms with Crippen LogP contribution in [-0.4, -0.2) is 50.1 Å². The number of esters is 1. The number of fused-ring (bicyclic) bond motifs is 4. The molecule has 1 aromatic rings. The molecule has 0 unspecified atom stereocenters. The van der Waals surface area contributed by atoms with Gasteiger partial charge in [0.2, 0.25) is 5.91 Å². The highest BCUT2D eigenvalue weighted by Crippen LogP contribution is 2.53. The van der Waals surface area contributed by atoms with E-state index in [1.165, 1.54) is 13.4 Å². The second-order valence-corrected chi connectivity index (χ2v) is 8.04. The number of carbonyl (C=O) groups excluding carboxylic acids is 2. The number of hydrogen-bond acceptors (Lipinski definition) is 5. The number of piperidine rings is 1. The van der Waals surface area contributed by atoms with Crippen molar-refractivity contribution in [2.75, 3.05) is 32.6 Å². The lowest BCUT2D eigenvalue weighted by atomic mass is 9.67. The van der Waals surface area contributed by atoms with Crippen LogP contribution >= 0.6 is 0 Å². The number of nitrogens with one attached hydrogen (secondary N) is 1. The average Bonchev–Trinajstić information content (AvgIpc) is 3.23. The predicted molar refractivity (Wildman–Crippen MR) is 106 cm³/mol. The van der Waals surface area contributed by atoms with Crippen molar-refractivity contribution in [3.63, 3.8) is 0 Å². The number of para-hydroxylation sites is 1. The summed E-state index contributed by atoms with van der Waals surface area (Å²) in [5.41, 5.74) is 2.05. The van der Waals surface area contributed by atoms with E-state index in [2.05, 4.69) is 23.2 Å². The Hall–Kier alpha value is -2.34. The van der Waals surface area contributed by atoms with E-state index in [0.717, 1.165) is 43.6 Å². The first-order valence-electron chi connectivity index (χ1n) is 10.0. The molecule has 0 aliphatic carbocycles. The lowest BCUT2D eigenvalue weighted by Crippen LogP contribution is -2.53. The Balaban J connectivity index is 1.74. The van der Waals surface area contributed by atoms with Gasteiger partial charge in [-0.15, -0.1) is 0 Å². The summed E-state index contributed by atoms with van der Waals surface area (Å²) < 4.78 is 10.3. The Morgan fingerprint density at radius 3 is 2.86 bits per heavy atom. The van der Waals surface area contributed by atoms with Crippen molar-refractivity contribution in [3.05, 3.63) is 41.7 Å². The summed E-state index contributed by atoms with van der Waals surface area (Å²) in [5.74, 6) is 0.0769. The van der Waals surface area contributed by atoms with Crippen LogP contribution < -0.4 is 5.32 Å². The third kappa shape index (κ3) is 2.65. The maximum Gasteiger partial charge on any atom is 0.337 e. The predicted octanol–water partition coefficient (Wildman–Crippen LogP) is 2.70.